The van der Waals surface area contributed by atoms with Crippen molar-refractivity contribution in [2.45, 2.75) is 45.4 Å². The Kier molecular flexibility index (Phi) is 4.79. The molecule has 0 saturated carbocycles. The van der Waals surface area contributed by atoms with Crippen LogP contribution >= 0.6 is 0 Å². The molecule has 2 unspecified atom stereocenters. The van der Waals surface area contributed by atoms with E-state index in [1.807, 2.05) is 7.05 Å². The van der Waals surface area contributed by atoms with Crippen molar-refractivity contribution >= 4 is 0 Å². The van der Waals surface area contributed by atoms with Gasteiger partial charge in [-0.15, -0.1) is 0 Å². The fourth-order valence-electron chi connectivity index (χ4n) is 2.95. The molecule has 0 saturated heterocycles. The van der Waals surface area contributed by atoms with Crippen LogP contribution in [0, 0.1) is 5.92 Å². The molecule has 0 radical (unpaired) electrons. The molecule has 1 aromatic rings. The van der Waals surface area contributed by atoms with Gasteiger partial charge in [0.25, 0.3) is 0 Å². The molecule has 2 nitrogen and oxygen atoms in total. The van der Waals surface area contributed by atoms with Gasteiger partial charge in [0, 0.05) is 6.54 Å². The van der Waals surface area contributed by atoms with Gasteiger partial charge in [0.05, 0.1) is 0 Å². The van der Waals surface area contributed by atoms with Crippen LogP contribution in [-0.2, 0) is 12.8 Å². The molecule has 18 heavy (non-hydrogen) atoms. The third-order valence-electron chi connectivity index (χ3n) is 4.25. The van der Waals surface area contributed by atoms with Crippen LogP contribution in [0.3, 0.4) is 0 Å². The Hall–Kier alpha value is -0.860. The van der Waals surface area contributed by atoms with Gasteiger partial charge in [0.2, 0.25) is 0 Å². The van der Waals surface area contributed by atoms with E-state index in [0.717, 1.165) is 12.5 Å². The van der Waals surface area contributed by atoms with E-state index < -0.39 is 0 Å². The van der Waals surface area contributed by atoms with Crippen molar-refractivity contribution in [3.8, 4) is 0 Å². The minimum Gasteiger partial charge on any atom is -0.261 e. The highest BCUT2D eigenvalue weighted by atomic mass is 15.3. The lowest BCUT2D eigenvalue weighted by Crippen LogP contribution is -2.33. The summed E-state index contributed by atoms with van der Waals surface area (Å²) in [7, 11) is 1.93. The van der Waals surface area contributed by atoms with Gasteiger partial charge >= 0.3 is 0 Å². The van der Waals surface area contributed by atoms with Gasteiger partial charge < -0.3 is 0 Å². The number of hydrazine groups is 1. The Morgan fingerprint density at radius 2 is 2.22 bits per heavy atom. The summed E-state index contributed by atoms with van der Waals surface area (Å²) in [5.41, 5.74) is 10.9. The molecule has 0 bridgehead atoms. The Balaban J connectivity index is 2.01. The lowest BCUT2D eigenvalue weighted by molar-refractivity contribution is 0.433. The monoisotopic (exact) mass is 246 g/mol. The third kappa shape index (κ3) is 3.12. The molecule has 2 atom stereocenters. The lowest BCUT2D eigenvalue weighted by atomic mass is 9.94. The SMILES string of the molecule is CCC(CNNC)Cc1ccc2c(c1)CCC2C. The van der Waals surface area contributed by atoms with Crippen molar-refractivity contribution < 1.29 is 0 Å². The summed E-state index contributed by atoms with van der Waals surface area (Å²) >= 11 is 0. The first kappa shape index (κ1) is 13.6. The van der Waals surface area contributed by atoms with E-state index in [1.165, 1.54) is 31.2 Å². The van der Waals surface area contributed by atoms with E-state index in [-0.39, 0.29) is 0 Å². The molecule has 0 spiro atoms. The van der Waals surface area contributed by atoms with Crippen molar-refractivity contribution in [2.75, 3.05) is 13.6 Å². The maximum Gasteiger partial charge on any atom is 0.0131 e. The Morgan fingerprint density at radius 1 is 1.39 bits per heavy atom. The average molecular weight is 246 g/mol. The zero-order chi connectivity index (χ0) is 13.0. The molecule has 2 N–H and O–H groups in total. The van der Waals surface area contributed by atoms with Crippen molar-refractivity contribution in [3.05, 3.63) is 34.9 Å². The van der Waals surface area contributed by atoms with Crippen LogP contribution in [0.2, 0.25) is 0 Å². The number of aryl methyl sites for hydroxylation is 1. The van der Waals surface area contributed by atoms with Crippen molar-refractivity contribution in [3.63, 3.8) is 0 Å². The van der Waals surface area contributed by atoms with Crippen molar-refractivity contribution in [1.29, 1.82) is 0 Å². The molecule has 0 aromatic heterocycles. The van der Waals surface area contributed by atoms with Crippen LogP contribution in [0.4, 0.5) is 0 Å². The summed E-state index contributed by atoms with van der Waals surface area (Å²) in [6.45, 7) is 5.66. The first-order valence-electron chi connectivity index (χ1n) is 7.25. The Morgan fingerprint density at radius 3 is 2.94 bits per heavy atom. The van der Waals surface area contributed by atoms with E-state index in [1.54, 1.807) is 11.1 Å². The van der Waals surface area contributed by atoms with Gasteiger partial charge in [-0.1, -0.05) is 38.5 Å². The predicted molar refractivity (Wildman–Crippen MR) is 77.7 cm³/mol. The van der Waals surface area contributed by atoms with Gasteiger partial charge in [-0.2, -0.15) is 0 Å². The first-order chi connectivity index (χ1) is 8.74. The minimum atomic E-state index is 0.717. The molecule has 0 aliphatic heterocycles. The number of hydrogen-bond donors (Lipinski definition) is 2. The zero-order valence-corrected chi connectivity index (χ0v) is 11.9. The van der Waals surface area contributed by atoms with Crippen LogP contribution in [0.5, 0.6) is 0 Å². The molecule has 0 fully saturated rings. The van der Waals surface area contributed by atoms with Gasteiger partial charge in [-0.05, 0) is 54.8 Å². The number of rotatable bonds is 6. The smallest absolute Gasteiger partial charge is 0.0131 e. The molecule has 1 aliphatic carbocycles. The lowest BCUT2D eigenvalue weighted by Gasteiger charge is -2.16. The molecule has 0 heterocycles. The number of fused-ring (bicyclic) bond motifs is 1. The standard InChI is InChI=1S/C16H26N2/c1-4-13(11-18-17-3)9-14-6-8-16-12(2)5-7-15(16)10-14/h6,8,10,12-13,17-18H,4-5,7,9,11H2,1-3H3. The van der Waals surface area contributed by atoms with Gasteiger partial charge in [0.1, 0.15) is 0 Å². The summed E-state index contributed by atoms with van der Waals surface area (Å²) in [6, 6.07) is 7.14. The summed E-state index contributed by atoms with van der Waals surface area (Å²) in [4.78, 5) is 0. The first-order valence-corrected chi connectivity index (χ1v) is 7.25. The maximum atomic E-state index is 3.23. The average Bonchev–Trinajstić information content (AvgIpc) is 2.76. The quantitative estimate of drug-likeness (QED) is 0.754. The van der Waals surface area contributed by atoms with E-state index in [0.29, 0.717) is 5.92 Å². The van der Waals surface area contributed by atoms with Gasteiger partial charge in [0.15, 0.2) is 0 Å². The number of nitrogens with one attached hydrogen (secondary N) is 2. The van der Waals surface area contributed by atoms with Gasteiger partial charge in [-0.3, -0.25) is 10.9 Å². The summed E-state index contributed by atoms with van der Waals surface area (Å²) < 4.78 is 0. The fourth-order valence-corrected chi connectivity index (χ4v) is 2.95. The van der Waals surface area contributed by atoms with E-state index in [2.05, 4.69) is 42.9 Å². The third-order valence-corrected chi connectivity index (χ3v) is 4.25. The van der Waals surface area contributed by atoms with Gasteiger partial charge in [-0.25, -0.2) is 0 Å². The van der Waals surface area contributed by atoms with E-state index in [9.17, 15) is 0 Å². The molecular formula is C16H26N2. The highest BCUT2D eigenvalue weighted by molar-refractivity contribution is 5.38. The summed E-state index contributed by atoms with van der Waals surface area (Å²) in [5.74, 6) is 1.48. The summed E-state index contributed by atoms with van der Waals surface area (Å²) in [6.07, 6.45) is 5.02. The van der Waals surface area contributed by atoms with Crippen LogP contribution in [0.1, 0.15) is 49.3 Å². The van der Waals surface area contributed by atoms with Crippen LogP contribution in [0.25, 0.3) is 0 Å². The molecule has 1 aromatic carbocycles. The Bertz CT molecular complexity index is 387. The largest absolute Gasteiger partial charge is 0.261 e. The maximum absolute atomic E-state index is 3.23. The van der Waals surface area contributed by atoms with Crippen molar-refractivity contribution in [1.82, 2.24) is 10.9 Å². The molecule has 2 rings (SSSR count). The number of hydrogen-bond acceptors (Lipinski definition) is 2. The van der Waals surface area contributed by atoms with Crippen LogP contribution in [0.15, 0.2) is 18.2 Å². The molecule has 1 aliphatic rings. The minimum absolute atomic E-state index is 0.717. The van der Waals surface area contributed by atoms with Crippen molar-refractivity contribution in [2.24, 2.45) is 5.92 Å². The highest BCUT2D eigenvalue weighted by Gasteiger charge is 2.18. The molecule has 100 valence electrons. The topological polar surface area (TPSA) is 24.1 Å². The molecule has 0 amide bonds. The zero-order valence-electron chi connectivity index (χ0n) is 11.9. The second-order valence-electron chi connectivity index (χ2n) is 5.58. The van der Waals surface area contributed by atoms with Crippen LogP contribution < -0.4 is 10.9 Å². The Labute approximate surface area is 111 Å². The summed E-state index contributed by atoms with van der Waals surface area (Å²) in [5, 5.41) is 0. The number of benzene rings is 1. The molecular weight excluding hydrogens is 220 g/mol. The fraction of sp³-hybridized carbons (Fsp3) is 0.625. The second kappa shape index (κ2) is 6.35. The predicted octanol–water partition coefficient (Wildman–Crippen LogP) is 3.03. The van der Waals surface area contributed by atoms with Crippen LogP contribution in [-0.4, -0.2) is 13.6 Å². The normalized spacial score (nSPS) is 19.8. The van der Waals surface area contributed by atoms with E-state index >= 15 is 0 Å². The molecule has 2 heteroatoms. The van der Waals surface area contributed by atoms with E-state index in [4.69, 9.17) is 0 Å². The second-order valence-corrected chi connectivity index (χ2v) is 5.58. The highest BCUT2D eigenvalue weighted by Crippen LogP contribution is 2.33.